The van der Waals surface area contributed by atoms with Gasteiger partial charge in [-0.15, -0.1) is 11.3 Å². The van der Waals surface area contributed by atoms with E-state index < -0.39 is 5.97 Å². The molecule has 1 N–H and O–H groups in total. The molecule has 0 aromatic carbocycles. The predicted octanol–water partition coefficient (Wildman–Crippen LogP) is 1.76. The van der Waals surface area contributed by atoms with Gasteiger partial charge in [0.25, 0.3) is 0 Å². The number of hydrogen-bond acceptors (Lipinski definition) is 4. The van der Waals surface area contributed by atoms with Crippen molar-refractivity contribution < 1.29 is 9.90 Å². The Hall–Kier alpha value is -0.940. The van der Waals surface area contributed by atoms with Crippen LogP contribution in [0.15, 0.2) is 5.38 Å². The van der Waals surface area contributed by atoms with Crippen LogP contribution in [0.5, 0.6) is 0 Å². The number of likely N-dealkylation sites (tertiary alicyclic amines) is 1. The summed E-state index contributed by atoms with van der Waals surface area (Å²) in [5.74, 6) is -0.755. The van der Waals surface area contributed by atoms with Crippen LogP contribution in [0.2, 0.25) is 0 Å². The van der Waals surface area contributed by atoms with Crippen molar-refractivity contribution in [1.82, 2.24) is 9.88 Å². The molecule has 1 saturated heterocycles. The number of hydrogen-bond donors (Lipinski definition) is 1. The number of rotatable bonds is 5. The second-order valence-corrected chi connectivity index (χ2v) is 5.05. The summed E-state index contributed by atoms with van der Waals surface area (Å²) in [6.07, 6.45) is 3.30. The molecule has 1 aromatic rings. The van der Waals surface area contributed by atoms with Gasteiger partial charge in [0.2, 0.25) is 0 Å². The first-order valence-electron chi connectivity index (χ1n) is 5.61. The van der Waals surface area contributed by atoms with E-state index in [0.717, 1.165) is 17.2 Å². The maximum Gasteiger partial charge on any atom is 0.303 e. The summed E-state index contributed by atoms with van der Waals surface area (Å²) in [4.78, 5) is 17.3. The molecule has 0 unspecified atom stereocenters. The van der Waals surface area contributed by atoms with Gasteiger partial charge < -0.3 is 5.11 Å². The molecule has 0 aliphatic carbocycles. The molecular formula is C11H16N2O2S. The monoisotopic (exact) mass is 240 g/mol. The average molecular weight is 240 g/mol. The van der Waals surface area contributed by atoms with Gasteiger partial charge in [0, 0.05) is 11.8 Å². The number of aliphatic carboxylic acids is 1. The van der Waals surface area contributed by atoms with E-state index in [1.54, 1.807) is 11.3 Å². The van der Waals surface area contributed by atoms with E-state index in [1.165, 1.54) is 25.9 Å². The van der Waals surface area contributed by atoms with E-state index in [2.05, 4.69) is 9.88 Å². The van der Waals surface area contributed by atoms with Crippen LogP contribution in [0.4, 0.5) is 0 Å². The summed E-state index contributed by atoms with van der Waals surface area (Å²) < 4.78 is 0. The maximum absolute atomic E-state index is 10.4. The molecule has 88 valence electrons. The second kappa shape index (κ2) is 5.41. The maximum atomic E-state index is 10.4. The molecule has 0 amide bonds. The number of aryl methyl sites for hydroxylation is 1. The number of carbonyl (C=O) groups is 1. The Balaban J connectivity index is 1.84. The molecule has 16 heavy (non-hydrogen) atoms. The topological polar surface area (TPSA) is 53.4 Å². The largest absolute Gasteiger partial charge is 0.481 e. The SMILES string of the molecule is O=C(O)CCc1csc(CN2CCCC2)n1. The van der Waals surface area contributed by atoms with E-state index in [9.17, 15) is 4.79 Å². The van der Waals surface area contributed by atoms with Gasteiger partial charge in [-0.3, -0.25) is 9.69 Å². The van der Waals surface area contributed by atoms with Crippen LogP contribution in [0.3, 0.4) is 0 Å². The number of carboxylic acids is 1. The van der Waals surface area contributed by atoms with Crippen molar-refractivity contribution in [2.75, 3.05) is 13.1 Å². The molecule has 1 aromatic heterocycles. The fourth-order valence-electron chi connectivity index (χ4n) is 1.90. The number of thiazole rings is 1. The van der Waals surface area contributed by atoms with Gasteiger partial charge in [-0.25, -0.2) is 4.98 Å². The Bertz CT molecular complexity index is 359. The van der Waals surface area contributed by atoms with Crippen molar-refractivity contribution in [3.63, 3.8) is 0 Å². The first-order valence-corrected chi connectivity index (χ1v) is 6.49. The van der Waals surface area contributed by atoms with E-state index in [1.807, 2.05) is 5.38 Å². The minimum atomic E-state index is -0.755. The average Bonchev–Trinajstić information content (AvgIpc) is 2.87. The highest BCUT2D eigenvalue weighted by Crippen LogP contribution is 2.16. The Morgan fingerprint density at radius 3 is 2.94 bits per heavy atom. The van der Waals surface area contributed by atoms with E-state index in [0.29, 0.717) is 6.42 Å². The minimum absolute atomic E-state index is 0.173. The molecule has 0 saturated carbocycles. The molecule has 0 radical (unpaired) electrons. The molecule has 0 bridgehead atoms. The highest BCUT2D eigenvalue weighted by Gasteiger charge is 2.13. The van der Waals surface area contributed by atoms with Crippen LogP contribution >= 0.6 is 11.3 Å². The quantitative estimate of drug-likeness (QED) is 0.852. The Morgan fingerprint density at radius 2 is 2.25 bits per heavy atom. The third kappa shape index (κ3) is 3.28. The molecule has 4 nitrogen and oxygen atoms in total. The lowest BCUT2D eigenvalue weighted by Gasteiger charge is -2.11. The summed E-state index contributed by atoms with van der Waals surface area (Å²) in [6, 6.07) is 0. The summed E-state index contributed by atoms with van der Waals surface area (Å²) in [7, 11) is 0. The molecule has 0 spiro atoms. The van der Waals surface area contributed by atoms with Gasteiger partial charge in [0.15, 0.2) is 0 Å². The van der Waals surface area contributed by atoms with Gasteiger partial charge in [0.1, 0.15) is 5.01 Å². The van der Waals surface area contributed by atoms with E-state index in [4.69, 9.17) is 5.11 Å². The van der Waals surface area contributed by atoms with Crippen molar-refractivity contribution in [3.05, 3.63) is 16.1 Å². The summed E-state index contributed by atoms with van der Waals surface area (Å²) in [5.41, 5.74) is 0.918. The van der Waals surface area contributed by atoms with Crippen LogP contribution in [0, 0.1) is 0 Å². The zero-order chi connectivity index (χ0) is 11.4. The van der Waals surface area contributed by atoms with Crippen LogP contribution in [-0.4, -0.2) is 34.0 Å². The minimum Gasteiger partial charge on any atom is -0.481 e. The molecule has 2 rings (SSSR count). The fourth-order valence-corrected chi connectivity index (χ4v) is 2.77. The normalized spacial score (nSPS) is 16.8. The number of aromatic nitrogens is 1. The molecule has 1 aliphatic rings. The Labute approximate surface area is 98.9 Å². The van der Waals surface area contributed by atoms with Gasteiger partial charge in [-0.05, 0) is 25.9 Å². The zero-order valence-electron chi connectivity index (χ0n) is 9.19. The van der Waals surface area contributed by atoms with Crippen molar-refractivity contribution in [2.24, 2.45) is 0 Å². The third-order valence-electron chi connectivity index (χ3n) is 2.75. The first-order chi connectivity index (χ1) is 7.74. The van der Waals surface area contributed by atoms with Crippen LogP contribution in [0.1, 0.15) is 30.0 Å². The van der Waals surface area contributed by atoms with Crippen molar-refractivity contribution in [1.29, 1.82) is 0 Å². The fraction of sp³-hybridized carbons (Fsp3) is 0.636. The van der Waals surface area contributed by atoms with Crippen molar-refractivity contribution >= 4 is 17.3 Å². The Kier molecular flexibility index (Phi) is 3.90. The lowest BCUT2D eigenvalue weighted by Crippen LogP contribution is -2.18. The highest BCUT2D eigenvalue weighted by molar-refractivity contribution is 7.09. The molecular weight excluding hydrogens is 224 g/mol. The summed E-state index contributed by atoms with van der Waals surface area (Å²) in [6.45, 7) is 3.27. The molecule has 5 heteroatoms. The number of carboxylic acid groups (broad SMARTS) is 1. The van der Waals surface area contributed by atoms with E-state index >= 15 is 0 Å². The third-order valence-corrected chi connectivity index (χ3v) is 3.63. The molecule has 1 aliphatic heterocycles. The number of nitrogens with zero attached hydrogens (tertiary/aromatic N) is 2. The molecule has 2 heterocycles. The predicted molar refractivity (Wildman–Crippen MR) is 62.6 cm³/mol. The zero-order valence-corrected chi connectivity index (χ0v) is 10.0. The van der Waals surface area contributed by atoms with Gasteiger partial charge in [-0.1, -0.05) is 0 Å². The summed E-state index contributed by atoms with van der Waals surface area (Å²) in [5, 5.41) is 11.7. The van der Waals surface area contributed by atoms with Crippen LogP contribution in [-0.2, 0) is 17.8 Å². The molecule has 1 fully saturated rings. The second-order valence-electron chi connectivity index (χ2n) is 4.11. The van der Waals surface area contributed by atoms with Crippen LogP contribution < -0.4 is 0 Å². The summed E-state index contributed by atoms with van der Waals surface area (Å²) >= 11 is 1.64. The van der Waals surface area contributed by atoms with Gasteiger partial charge >= 0.3 is 5.97 Å². The molecule has 0 atom stereocenters. The lowest BCUT2D eigenvalue weighted by molar-refractivity contribution is -0.136. The van der Waals surface area contributed by atoms with Crippen LogP contribution in [0.25, 0.3) is 0 Å². The van der Waals surface area contributed by atoms with Gasteiger partial charge in [-0.2, -0.15) is 0 Å². The van der Waals surface area contributed by atoms with Crippen molar-refractivity contribution in [3.8, 4) is 0 Å². The van der Waals surface area contributed by atoms with E-state index in [-0.39, 0.29) is 6.42 Å². The standard InChI is InChI=1S/C11H16N2O2S/c14-11(15)4-3-9-8-16-10(12-9)7-13-5-1-2-6-13/h8H,1-7H2,(H,14,15). The first kappa shape index (κ1) is 11.5. The lowest BCUT2D eigenvalue weighted by atomic mass is 10.2. The smallest absolute Gasteiger partial charge is 0.303 e. The Morgan fingerprint density at radius 1 is 1.50 bits per heavy atom. The van der Waals surface area contributed by atoms with Gasteiger partial charge in [0.05, 0.1) is 18.7 Å². The van der Waals surface area contributed by atoms with Crippen molar-refractivity contribution in [2.45, 2.75) is 32.2 Å². The highest BCUT2D eigenvalue weighted by atomic mass is 32.1.